The molecule has 0 aliphatic rings. The van der Waals surface area contributed by atoms with Gasteiger partial charge in [0.15, 0.2) is 0 Å². The molecule has 2 rings (SSSR count). The molecule has 0 radical (unpaired) electrons. The van der Waals surface area contributed by atoms with Gasteiger partial charge in [-0.15, -0.1) is 0 Å². The Balaban J connectivity index is 2.05. The first kappa shape index (κ1) is 21.7. The standard InChI is InChI=1S/C21H26N4O4/c1-5-20(27)24-16-7-6-13(2)17(10-16)22-12-21(28)25-18-11-15(23-14(3)26)8-9-19(18)29-4/h6-11,22H,5,12H2,1-4H3,(H,23,26)(H,24,27)(H,25,28). The van der Waals surface area contributed by atoms with E-state index in [1.54, 1.807) is 31.2 Å². The van der Waals surface area contributed by atoms with Crippen LogP contribution in [0.2, 0.25) is 0 Å². The molecule has 2 aromatic rings. The maximum atomic E-state index is 12.4. The van der Waals surface area contributed by atoms with E-state index in [-0.39, 0.29) is 24.3 Å². The fourth-order valence-corrected chi connectivity index (χ4v) is 2.60. The lowest BCUT2D eigenvalue weighted by Crippen LogP contribution is -2.22. The first-order valence-corrected chi connectivity index (χ1v) is 9.22. The summed E-state index contributed by atoms with van der Waals surface area (Å²) in [6, 6.07) is 10.4. The average molecular weight is 398 g/mol. The van der Waals surface area contributed by atoms with E-state index in [4.69, 9.17) is 4.74 Å². The third-order valence-electron chi connectivity index (χ3n) is 4.08. The minimum Gasteiger partial charge on any atom is -0.495 e. The first-order chi connectivity index (χ1) is 13.8. The number of hydrogen-bond acceptors (Lipinski definition) is 5. The number of amides is 3. The van der Waals surface area contributed by atoms with E-state index in [9.17, 15) is 14.4 Å². The first-order valence-electron chi connectivity index (χ1n) is 9.22. The van der Waals surface area contributed by atoms with Gasteiger partial charge in [0, 0.05) is 30.4 Å². The van der Waals surface area contributed by atoms with Crippen LogP contribution in [0.15, 0.2) is 36.4 Å². The highest BCUT2D eigenvalue weighted by molar-refractivity contribution is 5.97. The number of anilines is 4. The summed E-state index contributed by atoms with van der Waals surface area (Å²) in [7, 11) is 1.50. The lowest BCUT2D eigenvalue weighted by atomic mass is 10.1. The normalized spacial score (nSPS) is 10.1. The summed E-state index contributed by atoms with van der Waals surface area (Å²) in [5.74, 6) is -0.0955. The molecule has 154 valence electrons. The van der Waals surface area contributed by atoms with Crippen LogP contribution in [0.3, 0.4) is 0 Å². The molecular formula is C21H26N4O4. The molecule has 0 bridgehead atoms. The Morgan fingerprint density at radius 1 is 0.897 bits per heavy atom. The summed E-state index contributed by atoms with van der Waals surface area (Å²) in [4.78, 5) is 35.2. The van der Waals surface area contributed by atoms with Gasteiger partial charge >= 0.3 is 0 Å². The topological polar surface area (TPSA) is 109 Å². The molecule has 0 aliphatic carbocycles. The highest BCUT2D eigenvalue weighted by Gasteiger charge is 2.10. The second kappa shape index (κ2) is 10.1. The summed E-state index contributed by atoms with van der Waals surface area (Å²) in [5.41, 5.74) is 3.35. The van der Waals surface area contributed by atoms with Crippen molar-refractivity contribution in [2.75, 3.05) is 34.9 Å². The predicted molar refractivity (Wildman–Crippen MR) is 115 cm³/mol. The van der Waals surface area contributed by atoms with Crippen molar-refractivity contribution in [1.29, 1.82) is 0 Å². The number of methoxy groups -OCH3 is 1. The maximum absolute atomic E-state index is 12.4. The number of carbonyl (C=O) groups excluding carboxylic acids is 3. The van der Waals surface area contributed by atoms with E-state index in [0.29, 0.717) is 29.2 Å². The van der Waals surface area contributed by atoms with E-state index in [1.807, 2.05) is 19.1 Å². The Morgan fingerprint density at radius 3 is 2.21 bits per heavy atom. The highest BCUT2D eigenvalue weighted by Crippen LogP contribution is 2.28. The second-order valence-electron chi connectivity index (χ2n) is 6.43. The van der Waals surface area contributed by atoms with Gasteiger partial charge in [-0.25, -0.2) is 0 Å². The van der Waals surface area contributed by atoms with Gasteiger partial charge in [-0.1, -0.05) is 13.0 Å². The number of ether oxygens (including phenoxy) is 1. The molecule has 4 N–H and O–H groups in total. The number of carbonyl (C=O) groups is 3. The van der Waals surface area contributed by atoms with Gasteiger partial charge in [0.25, 0.3) is 0 Å². The summed E-state index contributed by atoms with van der Waals surface area (Å²) in [6.07, 6.45) is 0.387. The van der Waals surface area contributed by atoms with Crippen molar-refractivity contribution < 1.29 is 19.1 Å². The van der Waals surface area contributed by atoms with Gasteiger partial charge in [-0.3, -0.25) is 14.4 Å². The molecule has 8 heteroatoms. The minimum atomic E-state index is -0.286. The summed E-state index contributed by atoms with van der Waals surface area (Å²) in [6.45, 7) is 5.11. The third-order valence-corrected chi connectivity index (χ3v) is 4.08. The number of rotatable bonds is 8. The molecule has 29 heavy (non-hydrogen) atoms. The van der Waals surface area contributed by atoms with Crippen molar-refractivity contribution in [3.8, 4) is 5.75 Å². The lowest BCUT2D eigenvalue weighted by molar-refractivity contribution is -0.116. The van der Waals surface area contributed by atoms with Crippen molar-refractivity contribution in [3.05, 3.63) is 42.0 Å². The van der Waals surface area contributed by atoms with E-state index in [2.05, 4.69) is 21.3 Å². The SMILES string of the molecule is CCC(=O)Nc1ccc(C)c(NCC(=O)Nc2cc(NC(C)=O)ccc2OC)c1. The molecule has 0 spiro atoms. The van der Waals surface area contributed by atoms with Crippen LogP contribution in [-0.2, 0) is 14.4 Å². The monoisotopic (exact) mass is 398 g/mol. The molecule has 0 unspecified atom stereocenters. The molecule has 8 nitrogen and oxygen atoms in total. The zero-order valence-corrected chi connectivity index (χ0v) is 17.0. The number of benzene rings is 2. The Kier molecular flexibility index (Phi) is 7.59. The summed E-state index contributed by atoms with van der Waals surface area (Å²) >= 11 is 0. The number of hydrogen-bond donors (Lipinski definition) is 4. The van der Waals surface area contributed by atoms with Crippen molar-refractivity contribution in [1.82, 2.24) is 0 Å². The Labute approximate surface area is 170 Å². The van der Waals surface area contributed by atoms with Gasteiger partial charge in [0.2, 0.25) is 17.7 Å². The second-order valence-corrected chi connectivity index (χ2v) is 6.43. The maximum Gasteiger partial charge on any atom is 0.243 e. The van der Waals surface area contributed by atoms with Crippen LogP contribution in [0.4, 0.5) is 22.7 Å². The van der Waals surface area contributed by atoms with Crippen molar-refractivity contribution in [2.45, 2.75) is 27.2 Å². The van der Waals surface area contributed by atoms with Crippen LogP contribution >= 0.6 is 0 Å². The Bertz CT molecular complexity index is 912. The van der Waals surface area contributed by atoms with Crippen molar-refractivity contribution in [3.63, 3.8) is 0 Å². The molecule has 0 atom stereocenters. The fraction of sp³-hybridized carbons (Fsp3) is 0.286. The van der Waals surface area contributed by atoms with Crippen LogP contribution < -0.4 is 26.0 Å². The largest absolute Gasteiger partial charge is 0.495 e. The quantitative estimate of drug-likeness (QED) is 0.545. The summed E-state index contributed by atoms with van der Waals surface area (Å²) < 4.78 is 5.26. The lowest BCUT2D eigenvalue weighted by Gasteiger charge is -2.14. The van der Waals surface area contributed by atoms with Crippen molar-refractivity contribution >= 4 is 40.5 Å². The Hall–Kier alpha value is -3.55. The molecule has 0 aliphatic heterocycles. The molecule has 3 amide bonds. The van der Waals surface area contributed by atoms with Gasteiger partial charge in [0.1, 0.15) is 5.75 Å². The molecule has 2 aromatic carbocycles. The fourth-order valence-electron chi connectivity index (χ4n) is 2.60. The molecule has 0 aromatic heterocycles. The van der Waals surface area contributed by atoms with E-state index in [1.165, 1.54) is 14.0 Å². The van der Waals surface area contributed by atoms with Crippen molar-refractivity contribution in [2.24, 2.45) is 0 Å². The molecule has 0 heterocycles. The number of nitrogens with one attached hydrogen (secondary N) is 4. The molecule has 0 saturated carbocycles. The van der Waals surface area contributed by atoms with Crippen LogP contribution in [0.1, 0.15) is 25.8 Å². The minimum absolute atomic E-state index is 0.0134. The zero-order chi connectivity index (χ0) is 21.4. The van der Waals surface area contributed by atoms with Gasteiger partial charge in [-0.05, 0) is 42.8 Å². The van der Waals surface area contributed by atoms with Gasteiger partial charge < -0.3 is 26.0 Å². The van der Waals surface area contributed by atoms with Crippen LogP contribution in [0.25, 0.3) is 0 Å². The van der Waals surface area contributed by atoms with Crippen LogP contribution in [-0.4, -0.2) is 31.4 Å². The summed E-state index contributed by atoms with van der Waals surface area (Å²) in [5, 5.41) is 11.3. The zero-order valence-electron chi connectivity index (χ0n) is 17.0. The van der Waals surface area contributed by atoms with Crippen LogP contribution in [0.5, 0.6) is 5.75 Å². The third kappa shape index (κ3) is 6.53. The van der Waals surface area contributed by atoms with E-state index < -0.39 is 0 Å². The van der Waals surface area contributed by atoms with E-state index in [0.717, 1.165) is 11.3 Å². The van der Waals surface area contributed by atoms with Crippen LogP contribution in [0, 0.1) is 6.92 Å². The molecular weight excluding hydrogens is 372 g/mol. The van der Waals surface area contributed by atoms with Gasteiger partial charge in [-0.2, -0.15) is 0 Å². The number of aryl methyl sites for hydroxylation is 1. The predicted octanol–water partition coefficient (Wildman–Crippen LogP) is 3.36. The van der Waals surface area contributed by atoms with Gasteiger partial charge in [0.05, 0.1) is 19.3 Å². The Morgan fingerprint density at radius 2 is 1.55 bits per heavy atom. The highest BCUT2D eigenvalue weighted by atomic mass is 16.5. The molecule has 0 saturated heterocycles. The molecule has 0 fully saturated rings. The van der Waals surface area contributed by atoms with E-state index >= 15 is 0 Å². The average Bonchev–Trinajstić information content (AvgIpc) is 2.68. The smallest absolute Gasteiger partial charge is 0.243 e.